The average molecular weight is 436 g/mol. The minimum Gasteiger partial charge on any atom is -0.296 e. The Balaban J connectivity index is 1.56. The molecule has 0 atom stereocenters. The van der Waals surface area contributed by atoms with Crippen molar-refractivity contribution in [2.45, 2.75) is 30.7 Å². The van der Waals surface area contributed by atoms with Crippen LogP contribution in [0.15, 0.2) is 52.4 Å². The van der Waals surface area contributed by atoms with Gasteiger partial charge in [-0.1, -0.05) is 17.7 Å². The van der Waals surface area contributed by atoms with E-state index in [2.05, 4.69) is 4.98 Å². The van der Waals surface area contributed by atoms with Gasteiger partial charge in [0.1, 0.15) is 5.82 Å². The van der Waals surface area contributed by atoms with Crippen molar-refractivity contribution < 1.29 is 12.8 Å². The number of piperidine rings is 1. The van der Waals surface area contributed by atoms with E-state index in [0.29, 0.717) is 34.3 Å². The lowest BCUT2D eigenvalue weighted by Crippen LogP contribution is -2.40. The summed E-state index contributed by atoms with van der Waals surface area (Å²) in [4.78, 5) is 17.1. The fraction of sp³-hybridized carbons (Fsp3) is 0.300. The van der Waals surface area contributed by atoms with E-state index in [1.54, 1.807) is 29.7 Å². The lowest BCUT2D eigenvalue weighted by Gasteiger charge is -2.32. The van der Waals surface area contributed by atoms with Crippen molar-refractivity contribution in [1.82, 2.24) is 13.9 Å². The number of hydrogen-bond donors (Lipinski definition) is 0. The molecule has 9 heteroatoms. The summed E-state index contributed by atoms with van der Waals surface area (Å²) in [7, 11) is -3.78. The number of aryl methyl sites for hydroxylation is 1. The molecule has 152 valence electrons. The Morgan fingerprint density at radius 2 is 1.86 bits per heavy atom. The van der Waals surface area contributed by atoms with Crippen LogP contribution in [0.1, 0.15) is 24.4 Å². The summed E-state index contributed by atoms with van der Waals surface area (Å²) >= 11 is 5.95. The fourth-order valence-corrected chi connectivity index (χ4v) is 5.26. The third kappa shape index (κ3) is 3.68. The van der Waals surface area contributed by atoms with Gasteiger partial charge in [-0.05, 0) is 55.7 Å². The molecule has 0 aliphatic carbocycles. The van der Waals surface area contributed by atoms with Gasteiger partial charge in [0.05, 0.1) is 22.1 Å². The van der Waals surface area contributed by atoms with Gasteiger partial charge in [0.25, 0.3) is 5.56 Å². The van der Waals surface area contributed by atoms with E-state index in [1.807, 2.05) is 0 Å². The Bertz CT molecular complexity index is 1250. The number of benzene rings is 2. The molecular formula is C20H19ClFN3O3S. The molecule has 2 aromatic carbocycles. The van der Waals surface area contributed by atoms with E-state index in [1.165, 1.54) is 22.8 Å². The molecule has 0 N–H and O–H groups in total. The molecule has 0 unspecified atom stereocenters. The highest BCUT2D eigenvalue weighted by atomic mass is 35.5. The van der Waals surface area contributed by atoms with Crippen LogP contribution in [0.2, 0.25) is 5.02 Å². The molecule has 0 bridgehead atoms. The molecule has 4 rings (SSSR count). The summed E-state index contributed by atoms with van der Waals surface area (Å²) in [6.07, 6.45) is 2.42. The van der Waals surface area contributed by atoms with Crippen molar-refractivity contribution in [2.75, 3.05) is 13.1 Å². The topological polar surface area (TPSA) is 72.3 Å². The fourth-order valence-electron chi connectivity index (χ4n) is 3.61. The highest BCUT2D eigenvalue weighted by molar-refractivity contribution is 7.89. The van der Waals surface area contributed by atoms with Gasteiger partial charge in [0.15, 0.2) is 0 Å². The Morgan fingerprint density at radius 1 is 1.14 bits per heavy atom. The number of sulfonamides is 1. The van der Waals surface area contributed by atoms with Crippen molar-refractivity contribution in [2.24, 2.45) is 0 Å². The van der Waals surface area contributed by atoms with E-state index >= 15 is 0 Å². The van der Waals surface area contributed by atoms with Crippen LogP contribution in [0, 0.1) is 12.7 Å². The summed E-state index contributed by atoms with van der Waals surface area (Å²) in [5, 5.41) is 0.982. The molecule has 1 aromatic heterocycles. The first-order chi connectivity index (χ1) is 13.8. The smallest absolute Gasteiger partial charge is 0.261 e. The summed E-state index contributed by atoms with van der Waals surface area (Å²) in [5.41, 5.74) is 0.751. The predicted octanol–water partition coefficient (Wildman–Crippen LogP) is 3.52. The highest BCUT2D eigenvalue weighted by Gasteiger charge is 2.31. The van der Waals surface area contributed by atoms with Gasteiger partial charge in [0.2, 0.25) is 10.0 Å². The van der Waals surface area contributed by atoms with E-state index < -0.39 is 15.8 Å². The Morgan fingerprint density at radius 3 is 2.55 bits per heavy atom. The number of hydrogen-bond acceptors (Lipinski definition) is 4. The molecule has 1 aliphatic heterocycles. The largest absolute Gasteiger partial charge is 0.296 e. The standard InChI is InChI=1S/C20H19ClFN3O3S/c1-13-2-4-16(11-18(13)22)29(27,28)24-8-6-15(7-9-24)25-12-23-19-10-14(21)3-5-17(19)20(25)26/h2-5,10-12,15H,6-9H2,1H3. The summed E-state index contributed by atoms with van der Waals surface area (Å²) < 4.78 is 42.4. The van der Waals surface area contributed by atoms with E-state index in [9.17, 15) is 17.6 Å². The molecule has 3 aromatic rings. The molecule has 6 nitrogen and oxygen atoms in total. The second kappa shape index (κ2) is 7.51. The Kier molecular flexibility index (Phi) is 5.18. The molecule has 0 saturated carbocycles. The van der Waals surface area contributed by atoms with Crippen molar-refractivity contribution >= 4 is 32.5 Å². The van der Waals surface area contributed by atoms with Crippen molar-refractivity contribution in [3.8, 4) is 0 Å². The first-order valence-corrected chi connectivity index (χ1v) is 11.0. The molecular weight excluding hydrogens is 417 g/mol. The van der Waals surface area contributed by atoms with Crippen molar-refractivity contribution in [3.05, 3.63) is 69.5 Å². The van der Waals surface area contributed by atoms with Crippen molar-refractivity contribution in [1.29, 1.82) is 0 Å². The first kappa shape index (κ1) is 20.0. The quantitative estimate of drug-likeness (QED) is 0.631. The van der Waals surface area contributed by atoms with E-state index in [-0.39, 0.29) is 29.6 Å². The summed E-state index contributed by atoms with van der Waals surface area (Å²) in [6.45, 7) is 2.07. The number of aromatic nitrogens is 2. The minimum atomic E-state index is -3.78. The van der Waals surface area contributed by atoms with Gasteiger partial charge in [-0.3, -0.25) is 9.36 Å². The molecule has 1 saturated heterocycles. The molecule has 1 fully saturated rings. The molecule has 0 radical (unpaired) electrons. The Labute approximate surface area is 172 Å². The number of halogens is 2. The van der Waals surface area contributed by atoms with Crippen LogP contribution in [0.3, 0.4) is 0 Å². The van der Waals surface area contributed by atoms with Gasteiger partial charge < -0.3 is 0 Å². The third-order valence-electron chi connectivity index (χ3n) is 5.34. The van der Waals surface area contributed by atoms with E-state index in [0.717, 1.165) is 6.07 Å². The van der Waals surface area contributed by atoms with Crippen LogP contribution in [0.4, 0.5) is 4.39 Å². The van der Waals surface area contributed by atoms with Crippen LogP contribution in [-0.4, -0.2) is 35.4 Å². The monoisotopic (exact) mass is 435 g/mol. The van der Waals surface area contributed by atoms with Gasteiger partial charge in [-0.15, -0.1) is 0 Å². The Hall–Kier alpha value is -2.29. The normalized spacial score (nSPS) is 16.4. The van der Waals surface area contributed by atoms with Crippen LogP contribution < -0.4 is 5.56 Å². The number of fused-ring (bicyclic) bond motifs is 1. The highest BCUT2D eigenvalue weighted by Crippen LogP contribution is 2.27. The maximum atomic E-state index is 13.8. The van der Waals surface area contributed by atoms with Gasteiger partial charge in [-0.25, -0.2) is 17.8 Å². The lowest BCUT2D eigenvalue weighted by atomic mass is 10.1. The zero-order chi connectivity index (χ0) is 20.8. The molecule has 0 amide bonds. The zero-order valence-electron chi connectivity index (χ0n) is 15.7. The van der Waals surface area contributed by atoms with Crippen LogP contribution in [-0.2, 0) is 10.0 Å². The van der Waals surface area contributed by atoms with Gasteiger partial charge >= 0.3 is 0 Å². The molecule has 1 aliphatic rings. The van der Waals surface area contributed by atoms with Gasteiger partial charge in [0, 0.05) is 24.2 Å². The first-order valence-electron chi connectivity index (χ1n) is 9.20. The maximum Gasteiger partial charge on any atom is 0.261 e. The average Bonchev–Trinajstić information content (AvgIpc) is 2.70. The van der Waals surface area contributed by atoms with Crippen LogP contribution in [0.5, 0.6) is 0 Å². The number of nitrogens with zero attached hydrogens (tertiary/aromatic N) is 3. The summed E-state index contributed by atoms with van der Waals surface area (Å²) in [5.74, 6) is -0.546. The molecule has 2 heterocycles. The van der Waals surface area contributed by atoms with Crippen LogP contribution >= 0.6 is 11.6 Å². The molecule has 0 spiro atoms. The number of rotatable bonds is 3. The maximum absolute atomic E-state index is 13.8. The minimum absolute atomic E-state index is 0.0551. The second-order valence-corrected chi connectivity index (χ2v) is 9.54. The van der Waals surface area contributed by atoms with E-state index in [4.69, 9.17) is 11.6 Å². The van der Waals surface area contributed by atoms with Crippen molar-refractivity contribution in [3.63, 3.8) is 0 Å². The van der Waals surface area contributed by atoms with Crippen LogP contribution in [0.25, 0.3) is 10.9 Å². The zero-order valence-corrected chi connectivity index (χ0v) is 17.3. The van der Waals surface area contributed by atoms with Gasteiger partial charge in [-0.2, -0.15) is 4.31 Å². The SMILES string of the molecule is Cc1ccc(S(=O)(=O)N2CCC(n3cnc4cc(Cl)ccc4c3=O)CC2)cc1F. The predicted molar refractivity (Wildman–Crippen MR) is 109 cm³/mol. The third-order valence-corrected chi connectivity index (χ3v) is 7.47. The summed E-state index contributed by atoms with van der Waals surface area (Å²) in [6, 6.07) is 8.71. The molecule has 29 heavy (non-hydrogen) atoms. The second-order valence-electron chi connectivity index (χ2n) is 7.16. The lowest BCUT2D eigenvalue weighted by molar-refractivity contribution is 0.269.